The lowest BCUT2D eigenvalue weighted by Gasteiger charge is -2.39. The van der Waals surface area contributed by atoms with Crippen molar-refractivity contribution in [3.63, 3.8) is 0 Å². The third-order valence-corrected chi connectivity index (χ3v) is 8.02. The van der Waals surface area contributed by atoms with Gasteiger partial charge in [-0.2, -0.15) is 0 Å². The molecule has 0 amide bonds. The van der Waals surface area contributed by atoms with Crippen LogP contribution in [-0.2, 0) is 41.6 Å². The molecule has 19 nitrogen and oxygen atoms in total. The Bertz CT molecular complexity index is 1870. The first-order valence-corrected chi connectivity index (χ1v) is 16.9. The molecule has 0 fully saturated rings. The highest BCUT2D eigenvalue weighted by Gasteiger charge is 2.45. The maximum Gasteiger partial charge on any atom is 0.338 e. The molecular weight excluding hydrogens is 735 g/mol. The smallest absolute Gasteiger partial charge is 0.338 e. The Morgan fingerprint density at radius 3 is 2.04 bits per heavy atom. The lowest BCUT2D eigenvalue weighted by molar-refractivity contribution is -0.116. The van der Waals surface area contributed by atoms with Gasteiger partial charge in [0.25, 0.3) is 0 Å². The van der Waals surface area contributed by atoms with Gasteiger partial charge in [0.05, 0.1) is 83.3 Å². The number of benzene rings is 3. The molecule has 0 saturated heterocycles. The Morgan fingerprint density at radius 1 is 0.782 bits per heavy atom. The van der Waals surface area contributed by atoms with Crippen LogP contribution in [0.3, 0.4) is 0 Å². The van der Waals surface area contributed by atoms with E-state index in [-0.39, 0.29) is 35.8 Å². The van der Waals surface area contributed by atoms with Crippen LogP contribution in [0.15, 0.2) is 42.6 Å². The van der Waals surface area contributed by atoms with E-state index in [0.717, 1.165) is 30.3 Å². The van der Waals surface area contributed by atoms with Crippen LogP contribution >= 0.6 is 0 Å². The number of nitrogens with zero attached hydrogens (tertiary/aromatic N) is 3. The van der Waals surface area contributed by atoms with Crippen molar-refractivity contribution in [2.24, 2.45) is 5.73 Å². The largest absolute Gasteiger partial charge is 0.508 e. The van der Waals surface area contributed by atoms with Crippen molar-refractivity contribution in [1.29, 1.82) is 0 Å². The Morgan fingerprint density at radius 2 is 1.40 bits per heavy atom. The van der Waals surface area contributed by atoms with Gasteiger partial charge in [-0.1, -0.05) is 5.21 Å². The maximum atomic E-state index is 14.3. The van der Waals surface area contributed by atoms with Gasteiger partial charge >= 0.3 is 5.97 Å². The quantitative estimate of drug-likeness (QED) is 0.0362. The number of carbonyl (C=O) groups excluding carboxylic acids is 1. The van der Waals surface area contributed by atoms with Gasteiger partial charge in [-0.15, -0.1) is 5.10 Å². The Balaban J connectivity index is 1.28. The zero-order chi connectivity index (χ0) is 39.5. The van der Waals surface area contributed by atoms with Crippen LogP contribution in [0.4, 0.5) is 4.39 Å². The average Bonchev–Trinajstić information content (AvgIpc) is 3.61. The first-order chi connectivity index (χ1) is 26.5. The molecule has 0 bridgehead atoms. The van der Waals surface area contributed by atoms with E-state index < -0.39 is 75.9 Å². The van der Waals surface area contributed by atoms with E-state index >= 15 is 0 Å². The molecule has 4 aromatic rings. The lowest BCUT2D eigenvalue weighted by atomic mass is 9.90. The summed E-state index contributed by atoms with van der Waals surface area (Å²) in [5.41, 5.74) is 4.94. The molecule has 3 atom stereocenters. The number of hydrogen-bond donors (Lipinski definition) is 8. The van der Waals surface area contributed by atoms with E-state index in [2.05, 4.69) is 10.3 Å². The summed E-state index contributed by atoms with van der Waals surface area (Å²) in [6.45, 7) is 3.59. The number of rotatable bonds is 20. The predicted octanol–water partition coefficient (Wildman–Crippen LogP) is 2.00. The maximum absolute atomic E-state index is 14.3. The molecule has 20 heteroatoms. The van der Waals surface area contributed by atoms with E-state index in [9.17, 15) is 44.9 Å². The second-order valence-corrected chi connectivity index (χ2v) is 12.0. The van der Waals surface area contributed by atoms with E-state index in [1.54, 1.807) is 6.20 Å². The van der Waals surface area contributed by atoms with Crippen molar-refractivity contribution in [1.82, 2.24) is 15.0 Å². The third-order valence-electron chi connectivity index (χ3n) is 8.02. The zero-order valence-corrected chi connectivity index (χ0v) is 29.2. The molecule has 0 saturated carbocycles. The van der Waals surface area contributed by atoms with Crippen LogP contribution in [0.5, 0.6) is 46.0 Å². The van der Waals surface area contributed by atoms with Gasteiger partial charge in [-0.05, 0) is 24.3 Å². The fourth-order valence-corrected chi connectivity index (χ4v) is 5.44. The number of hydrogen-bond acceptors (Lipinski definition) is 18. The van der Waals surface area contributed by atoms with Crippen molar-refractivity contribution in [2.45, 2.75) is 31.5 Å². The summed E-state index contributed by atoms with van der Waals surface area (Å²) in [5, 5.41) is 79.6. The number of nitrogens with two attached hydrogens (primary N) is 1. The van der Waals surface area contributed by atoms with Gasteiger partial charge in [0, 0.05) is 24.2 Å². The molecule has 298 valence electrons. The van der Waals surface area contributed by atoms with Crippen molar-refractivity contribution >= 4 is 5.97 Å². The topological polar surface area (TPSA) is 280 Å². The average molecular weight is 777 g/mol. The summed E-state index contributed by atoms with van der Waals surface area (Å²) < 4.78 is 55.4. The van der Waals surface area contributed by atoms with Gasteiger partial charge < -0.3 is 74.6 Å². The minimum absolute atomic E-state index is 0.0683. The van der Waals surface area contributed by atoms with Gasteiger partial charge in [0.2, 0.25) is 0 Å². The fraction of sp³-hybridized carbons (Fsp3) is 0.400. The van der Waals surface area contributed by atoms with E-state index in [1.165, 1.54) is 4.68 Å². The predicted molar refractivity (Wildman–Crippen MR) is 183 cm³/mol. The summed E-state index contributed by atoms with van der Waals surface area (Å²) in [5.74, 6) is -8.11. The molecule has 3 unspecified atom stereocenters. The highest BCUT2D eigenvalue weighted by Crippen LogP contribution is 2.51. The van der Waals surface area contributed by atoms with E-state index in [1.807, 2.05) is 0 Å². The molecule has 55 heavy (non-hydrogen) atoms. The van der Waals surface area contributed by atoms with Crippen LogP contribution in [0.25, 0.3) is 0 Å². The summed E-state index contributed by atoms with van der Waals surface area (Å²) in [6, 6.07) is 5.51. The molecule has 3 aromatic carbocycles. The minimum atomic E-state index is -1.62. The van der Waals surface area contributed by atoms with Crippen LogP contribution in [0.1, 0.15) is 39.4 Å². The van der Waals surface area contributed by atoms with E-state index in [0.29, 0.717) is 65.4 Å². The summed E-state index contributed by atoms with van der Waals surface area (Å²) >= 11 is 0. The summed E-state index contributed by atoms with van der Waals surface area (Å²) in [6.07, 6.45) is -3.00. The molecule has 0 spiro atoms. The van der Waals surface area contributed by atoms with Gasteiger partial charge in [-0.3, -0.25) is 0 Å². The van der Waals surface area contributed by atoms with Crippen LogP contribution < -0.4 is 10.5 Å². The second kappa shape index (κ2) is 19.1. The molecule has 2 heterocycles. The fourth-order valence-electron chi connectivity index (χ4n) is 5.44. The number of ether oxygens (including phenoxy) is 7. The third kappa shape index (κ3) is 10.5. The zero-order valence-electron chi connectivity index (χ0n) is 29.2. The number of aromatic hydroxyl groups is 7. The standard InChI is InChI=1S/C35H41FN4O15/c36-23-11-20(14-25(43)30(23)46)35(48)55-34-32(19-12-26(44)31(47)27(45)13-19)54-28-16-22(41)15-24(42)29(28)33(34)53-18-21-17-40(39-38-21)2-4-50-6-8-52-10-9-51-7-5-49-3-1-37/h11-17,32-34,41-47H,1-10,18,37H2. The number of esters is 1. The monoisotopic (exact) mass is 776 g/mol. The number of fused-ring (bicyclic) bond motifs is 1. The molecule has 5 rings (SSSR count). The highest BCUT2D eigenvalue weighted by atomic mass is 19.1. The molecule has 0 aliphatic carbocycles. The van der Waals surface area contributed by atoms with Gasteiger partial charge in [-0.25, -0.2) is 13.9 Å². The number of aromatic nitrogens is 3. The lowest BCUT2D eigenvalue weighted by Crippen LogP contribution is -2.39. The van der Waals surface area contributed by atoms with Crippen molar-refractivity contribution in [2.75, 3.05) is 59.4 Å². The minimum Gasteiger partial charge on any atom is -0.508 e. The van der Waals surface area contributed by atoms with Crippen LogP contribution in [0, 0.1) is 5.82 Å². The molecule has 1 aliphatic heterocycles. The van der Waals surface area contributed by atoms with Crippen molar-refractivity contribution in [3.8, 4) is 46.0 Å². The Kier molecular flexibility index (Phi) is 14.1. The summed E-state index contributed by atoms with van der Waals surface area (Å²) in [4.78, 5) is 13.4. The molecular formula is C35H41FN4O15. The molecule has 1 aromatic heterocycles. The second-order valence-electron chi connectivity index (χ2n) is 12.0. The number of carbonyl (C=O) groups is 1. The van der Waals surface area contributed by atoms with E-state index in [4.69, 9.17) is 38.9 Å². The number of halogens is 1. The SMILES string of the molecule is NCCOCCOCCOCCOCCn1cc(COC2c3c(O)cc(O)cc3OC(c3cc(O)c(O)c(O)c3)C2OC(=O)c2cc(O)c(O)c(F)c2)nn1. The van der Waals surface area contributed by atoms with Gasteiger partial charge in [0.15, 0.2) is 46.8 Å². The highest BCUT2D eigenvalue weighted by molar-refractivity contribution is 5.90. The number of phenols is 7. The van der Waals surface area contributed by atoms with Crippen LogP contribution in [-0.4, -0.2) is 122 Å². The summed E-state index contributed by atoms with van der Waals surface area (Å²) in [7, 11) is 0. The van der Waals surface area contributed by atoms with Gasteiger partial charge in [0.1, 0.15) is 29.0 Å². The molecule has 9 N–H and O–H groups in total. The van der Waals surface area contributed by atoms with Crippen LogP contribution in [0.2, 0.25) is 0 Å². The van der Waals surface area contributed by atoms with Crippen molar-refractivity contribution in [3.05, 3.63) is 70.8 Å². The Labute approximate surface area is 312 Å². The first kappa shape index (κ1) is 40.5. The van der Waals surface area contributed by atoms with Crippen molar-refractivity contribution < 1.29 is 78.1 Å². The normalized spacial score (nSPS) is 16.4. The Hall–Kier alpha value is -5.64. The number of phenolic OH excluding ortho intramolecular Hbond substituents is 7. The molecule has 1 aliphatic rings. The first-order valence-electron chi connectivity index (χ1n) is 16.9. The molecule has 0 radical (unpaired) electrons.